The Labute approximate surface area is 72.9 Å². The second kappa shape index (κ2) is 4.13. The molecular formula is C9H14N2O. The Morgan fingerprint density at radius 3 is 2.75 bits per heavy atom. The molecule has 1 rings (SSSR count). The Hall–Kier alpha value is -1.01. The zero-order valence-electron chi connectivity index (χ0n) is 7.12. The number of hydrogen-bond donors (Lipinski definition) is 1. The summed E-state index contributed by atoms with van der Waals surface area (Å²) < 4.78 is 0. The minimum absolute atomic E-state index is 0.0418. The standard InChI is InChI=1S/C9H14N2O/c1-2-5-11(9(12)6-10)7-8-3-4-8/h1,8H,3-7,10H2. The Bertz CT molecular complexity index is 203. The van der Waals surface area contributed by atoms with E-state index in [1.807, 2.05) is 0 Å². The van der Waals surface area contributed by atoms with Crippen molar-refractivity contribution in [3.8, 4) is 12.3 Å². The maximum atomic E-state index is 11.2. The lowest BCUT2D eigenvalue weighted by atomic mass is 10.3. The number of nitrogens with zero attached hydrogens (tertiary/aromatic N) is 1. The van der Waals surface area contributed by atoms with Crippen LogP contribution in [0.5, 0.6) is 0 Å². The number of carbonyl (C=O) groups excluding carboxylic acids is 1. The van der Waals surface area contributed by atoms with Crippen molar-refractivity contribution in [3.05, 3.63) is 0 Å². The predicted octanol–water partition coefficient (Wildman–Crippen LogP) is -0.183. The maximum Gasteiger partial charge on any atom is 0.237 e. The fourth-order valence-electron chi connectivity index (χ4n) is 1.11. The molecular weight excluding hydrogens is 152 g/mol. The summed E-state index contributed by atoms with van der Waals surface area (Å²) in [5, 5.41) is 0. The molecule has 0 aromatic rings. The van der Waals surface area contributed by atoms with E-state index in [1.54, 1.807) is 4.90 Å². The van der Waals surface area contributed by atoms with Gasteiger partial charge in [-0.05, 0) is 18.8 Å². The second-order valence-electron chi connectivity index (χ2n) is 3.13. The van der Waals surface area contributed by atoms with E-state index in [0.717, 1.165) is 6.54 Å². The van der Waals surface area contributed by atoms with Gasteiger partial charge in [0.25, 0.3) is 0 Å². The Morgan fingerprint density at radius 2 is 2.33 bits per heavy atom. The van der Waals surface area contributed by atoms with Crippen LogP contribution in [0.3, 0.4) is 0 Å². The maximum absolute atomic E-state index is 11.2. The van der Waals surface area contributed by atoms with Crippen molar-refractivity contribution in [1.82, 2.24) is 4.90 Å². The first-order valence-electron chi connectivity index (χ1n) is 4.19. The molecule has 12 heavy (non-hydrogen) atoms. The topological polar surface area (TPSA) is 46.3 Å². The third-order valence-electron chi connectivity index (χ3n) is 1.98. The lowest BCUT2D eigenvalue weighted by Crippen LogP contribution is -2.37. The van der Waals surface area contributed by atoms with Crippen LogP contribution in [0, 0.1) is 18.3 Å². The lowest BCUT2D eigenvalue weighted by Gasteiger charge is -2.18. The molecule has 1 amide bonds. The van der Waals surface area contributed by atoms with E-state index in [1.165, 1.54) is 12.8 Å². The molecule has 1 saturated carbocycles. The van der Waals surface area contributed by atoms with Crippen LogP contribution in [-0.4, -0.2) is 30.4 Å². The predicted molar refractivity (Wildman–Crippen MR) is 47.2 cm³/mol. The van der Waals surface area contributed by atoms with Gasteiger partial charge in [-0.25, -0.2) is 0 Å². The van der Waals surface area contributed by atoms with Crippen molar-refractivity contribution >= 4 is 5.91 Å². The van der Waals surface area contributed by atoms with E-state index in [2.05, 4.69) is 5.92 Å². The molecule has 0 unspecified atom stereocenters. The first kappa shape index (κ1) is 9.08. The van der Waals surface area contributed by atoms with Gasteiger partial charge < -0.3 is 10.6 Å². The van der Waals surface area contributed by atoms with E-state index in [9.17, 15) is 4.79 Å². The van der Waals surface area contributed by atoms with Crippen LogP contribution in [0.25, 0.3) is 0 Å². The molecule has 0 aromatic carbocycles. The summed E-state index contributed by atoms with van der Waals surface area (Å²) in [7, 11) is 0. The molecule has 3 nitrogen and oxygen atoms in total. The molecule has 1 fully saturated rings. The molecule has 0 atom stereocenters. The number of hydrogen-bond acceptors (Lipinski definition) is 2. The molecule has 0 spiro atoms. The minimum atomic E-state index is -0.0418. The number of nitrogens with two attached hydrogens (primary N) is 1. The fraction of sp³-hybridized carbons (Fsp3) is 0.667. The monoisotopic (exact) mass is 166 g/mol. The highest BCUT2D eigenvalue weighted by Gasteiger charge is 2.25. The Morgan fingerprint density at radius 1 is 1.67 bits per heavy atom. The van der Waals surface area contributed by atoms with Crippen LogP contribution in [0.2, 0.25) is 0 Å². The highest BCUT2D eigenvalue weighted by Crippen LogP contribution is 2.29. The van der Waals surface area contributed by atoms with Gasteiger partial charge in [-0.3, -0.25) is 4.79 Å². The highest BCUT2D eigenvalue weighted by atomic mass is 16.2. The largest absolute Gasteiger partial charge is 0.330 e. The van der Waals surface area contributed by atoms with Crippen molar-refractivity contribution < 1.29 is 4.79 Å². The van der Waals surface area contributed by atoms with Gasteiger partial charge in [0, 0.05) is 6.54 Å². The van der Waals surface area contributed by atoms with Crippen LogP contribution in [0.1, 0.15) is 12.8 Å². The molecule has 0 bridgehead atoms. The molecule has 0 radical (unpaired) electrons. The molecule has 0 saturated heterocycles. The molecule has 3 heteroatoms. The van der Waals surface area contributed by atoms with E-state index < -0.39 is 0 Å². The SMILES string of the molecule is C#CCN(CC1CC1)C(=O)CN. The average Bonchev–Trinajstić information content (AvgIpc) is 2.86. The second-order valence-corrected chi connectivity index (χ2v) is 3.13. The van der Waals surface area contributed by atoms with Gasteiger partial charge in [-0.15, -0.1) is 6.42 Å². The minimum Gasteiger partial charge on any atom is -0.330 e. The van der Waals surface area contributed by atoms with Crippen LogP contribution in [0.15, 0.2) is 0 Å². The third kappa shape index (κ3) is 2.55. The van der Waals surface area contributed by atoms with E-state index in [0.29, 0.717) is 12.5 Å². The number of terminal acetylenes is 1. The first-order chi connectivity index (χ1) is 5.77. The van der Waals surface area contributed by atoms with Gasteiger partial charge in [0.1, 0.15) is 0 Å². The molecule has 1 aliphatic rings. The van der Waals surface area contributed by atoms with Gasteiger partial charge in [0.05, 0.1) is 13.1 Å². The van der Waals surface area contributed by atoms with Gasteiger partial charge in [-0.1, -0.05) is 5.92 Å². The number of carbonyl (C=O) groups is 1. The average molecular weight is 166 g/mol. The van der Waals surface area contributed by atoms with Crippen molar-refractivity contribution in [2.75, 3.05) is 19.6 Å². The molecule has 0 aliphatic heterocycles. The summed E-state index contributed by atoms with van der Waals surface area (Å²) in [5.41, 5.74) is 5.24. The van der Waals surface area contributed by atoms with Crippen molar-refractivity contribution in [3.63, 3.8) is 0 Å². The summed E-state index contributed by atoms with van der Waals surface area (Å²) in [6.07, 6.45) is 7.58. The Balaban J connectivity index is 2.36. The smallest absolute Gasteiger partial charge is 0.237 e. The summed E-state index contributed by atoms with van der Waals surface area (Å²) in [6, 6.07) is 0. The summed E-state index contributed by atoms with van der Waals surface area (Å²) in [6.45, 7) is 1.25. The van der Waals surface area contributed by atoms with Crippen LogP contribution in [-0.2, 0) is 4.79 Å². The summed E-state index contributed by atoms with van der Waals surface area (Å²) in [4.78, 5) is 12.8. The van der Waals surface area contributed by atoms with Crippen LogP contribution < -0.4 is 5.73 Å². The van der Waals surface area contributed by atoms with Crippen molar-refractivity contribution in [1.29, 1.82) is 0 Å². The Kier molecular flexibility index (Phi) is 3.12. The van der Waals surface area contributed by atoms with Gasteiger partial charge in [0.2, 0.25) is 5.91 Å². The third-order valence-corrected chi connectivity index (χ3v) is 1.98. The van der Waals surface area contributed by atoms with Gasteiger partial charge in [-0.2, -0.15) is 0 Å². The lowest BCUT2D eigenvalue weighted by molar-refractivity contribution is -0.129. The van der Waals surface area contributed by atoms with Crippen molar-refractivity contribution in [2.24, 2.45) is 11.7 Å². The zero-order valence-corrected chi connectivity index (χ0v) is 7.12. The molecule has 66 valence electrons. The van der Waals surface area contributed by atoms with Crippen molar-refractivity contribution in [2.45, 2.75) is 12.8 Å². The number of amides is 1. The van der Waals surface area contributed by atoms with E-state index in [-0.39, 0.29) is 12.5 Å². The number of rotatable bonds is 4. The van der Waals surface area contributed by atoms with Crippen LogP contribution >= 0.6 is 0 Å². The normalized spacial score (nSPS) is 15.3. The quantitative estimate of drug-likeness (QED) is 0.589. The molecule has 0 heterocycles. The molecule has 1 aliphatic carbocycles. The summed E-state index contributed by atoms with van der Waals surface area (Å²) >= 11 is 0. The highest BCUT2D eigenvalue weighted by molar-refractivity contribution is 5.78. The van der Waals surface area contributed by atoms with Gasteiger partial charge >= 0.3 is 0 Å². The zero-order chi connectivity index (χ0) is 8.97. The molecule has 2 N–H and O–H groups in total. The fourth-order valence-corrected chi connectivity index (χ4v) is 1.11. The van der Waals surface area contributed by atoms with E-state index in [4.69, 9.17) is 12.2 Å². The van der Waals surface area contributed by atoms with Crippen LogP contribution in [0.4, 0.5) is 0 Å². The van der Waals surface area contributed by atoms with Gasteiger partial charge in [0.15, 0.2) is 0 Å². The van der Waals surface area contributed by atoms with E-state index >= 15 is 0 Å². The molecule has 0 aromatic heterocycles. The first-order valence-corrected chi connectivity index (χ1v) is 4.19. The summed E-state index contributed by atoms with van der Waals surface area (Å²) in [5.74, 6) is 3.10.